The van der Waals surface area contributed by atoms with Gasteiger partial charge in [-0.15, -0.1) is 0 Å². The zero-order chi connectivity index (χ0) is 17.4. The zero-order valence-electron chi connectivity index (χ0n) is 13.4. The van der Waals surface area contributed by atoms with Crippen LogP contribution in [0.1, 0.15) is 35.1 Å². The number of rotatable bonds is 3. The molecule has 2 aromatic heterocycles. The van der Waals surface area contributed by atoms with Crippen molar-refractivity contribution < 1.29 is 9.21 Å². The Bertz CT molecular complexity index is 934. The highest BCUT2D eigenvalue weighted by atomic mass is 35.5. The summed E-state index contributed by atoms with van der Waals surface area (Å²) < 4.78 is 5.88. The smallest absolute Gasteiger partial charge is 0.271 e. The fourth-order valence-electron chi connectivity index (χ4n) is 3.17. The van der Waals surface area contributed by atoms with Crippen molar-refractivity contribution in [3.63, 3.8) is 0 Å². The second-order valence-corrected chi connectivity index (χ2v) is 6.45. The Kier molecular flexibility index (Phi) is 4.01. The highest BCUT2D eigenvalue weighted by molar-refractivity contribution is 6.31. The van der Waals surface area contributed by atoms with Gasteiger partial charge in [0, 0.05) is 36.4 Å². The molecule has 3 aromatic rings. The molecule has 3 heterocycles. The van der Waals surface area contributed by atoms with Crippen LogP contribution in [-0.2, 0) is 0 Å². The number of aromatic nitrogens is 3. The molecule has 0 radical (unpaired) electrons. The lowest BCUT2D eigenvalue weighted by Crippen LogP contribution is -2.35. The summed E-state index contributed by atoms with van der Waals surface area (Å²) in [6.07, 6.45) is 4.73. The third kappa shape index (κ3) is 3.02. The number of benzene rings is 1. The van der Waals surface area contributed by atoms with E-state index in [9.17, 15) is 4.79 Å². The molecule has 1 fully saturated rings. The molecule has 0 bridgehead atoms. The standard InChI is InChI=1S/C17H16ClN5O2/c18-11-1-2-13-12(9-11)22-17(25-13)10-3-7-23(8-4-10)16-14(15(19)24)20-5-6-21-16/h1-2,5-6,9-10H,3-4,7-8H2,(H2,19,24). The van der Waals surface area contributed by atoms with Crippen LogP contribution in [-0.4, -0.2) is 33.9 Å². The van der Waals surface area contributed by atoms with Crippen molar-refractivity contribution in [3.05, 3.63) is 47.2 Å². The molecule has 0 spiro atoms. The van der Waals surface area contributed by atoms with Crippen LogP contribution in [0, 0.1) is 0 Å². The molecule has 0 unspecified atom stereocenters. The number of anilines is 1. The Morgan fingerprint density at radius 1 is 1.24 bits per heavy atom. The van der Waals surface area contributed by atoms with Crippen molar-refractivity contribution in [2.24, 2.45) is 5.73 Å². The normalized spacial score (nSPS) is 15.6. The maximum absolute atomic E-state index is 11.5. The predicted octanol–water partition coefficient (Wildman–Crippen LogP) is 2.75. The fourth-order valence-corrected chi connectivity index (χ4v) is 3.33. The van der Waals surface area contributed by atoms with Crippen molar-refractivity contribution in [2.45, 2.75) is 18.8 Å². The molecule has 1 saturated heterocycles. The first-order chi connectivity index (χ1) is 12.1. The Labute approximate surface area is 148 Å². The lowest BCUT2D eigenvalue weighted by molar-refractivity contribution is 0.0995. The van der Waals surface area contributed by atoms with Gasteiger partial charge in [0.1, 0.15) is 5.52 Å². The first kappa shape index (κ1) is 15.8. The summed E-state index contributed by atoms with van der Waals surface area (Å²) >= 11 is 6.00. The highest BCUT2D eigenvalue weighted by Gasteiger charge is 2.27. The van der Waals surface area contributed by atoms with Crippen molar-refractivity contribution in [2.75, 3.05) is 18.0 Å². The van der Waals surface area contributed by atoms with Gasteiger partial charge in [-0.3, -0.25) is 4.79 Å². The number of nitrogens with two attached hydrogens (primary N) is 1. The predicted molar refractivity (Wildman–Crippen MR) is 93.8 cm³/mol. The van der Waals surface area contributed by atoms with Crippen LogP contribution >= 0.6 is 11.6 Å². The van der Waals surface area contributed by atoms with Gasteiger partial charge >= 0.3 is 0 Å². The summed E-state index contributed by atoms with van der Waals surface area (Å²) in [7, 11) is 0. The Morgan fingerprint density at radius 2 is 2.00 bits per heavy atom. The summed E-state index contributed by atoms with van der Waals surface area (Å²) in [6, 6.07) is 5.43. The van der Waals surface area contributed by atoms with E-state index in [1.54, 1.807) is 18.3 Å². The second kappa shape index (κ2) is 6.33. The summed E-state index contributed by atoms with van der Waals surface area (Å²) in [5.41, 5.74) is 7.11. The number of nitrogens with zero attached hydrogens (tertiary/aromatic N) is 4. The van der Waals surface area contributed by atoms with E-state index in [1.165, 1.54) is 6.20 Å². The van der Waals surface area contributed by atoms with Crippen molar-refractivity contribution >= 4 is 34.4 Å². The van der Waals surface area contributed by atoms with E-state index in [1.807, 2.05) is 11.0 Å². The summed E-state index contributed by atoms with van der Waals surface area (Å²) in [5, 5.41) is 0.642. The minimum atomic E-state index is -0.568. The number of halogens is 1. The third-order valence-corrected chi connectivity index (χ3v) is 4.66. The Morgan fingerprint density at radius 3 is 2.76 bits per heavy atom. The van der Waals surface area contributed by atoms with Gasteiger partial charge in [0.05, 0.1) is 0 Å². The van der Waals surface area contributed by atoms with Gasteiger partial charge in [0.25, 0.3) is 5.91 Å². The summed E-state index contributed by atoms with van der Waals surface area (Å²) in [6.45, 7) is 1.45. The number of fused-ring (bicyclic) bond motifs is 1. The van der Waals surface area contributed by atoms with E-state index in [2.05, 4.69) is 15.0 Å². The monoisotopic (exact) mass is 357 g/mol. The third-order valence-electron chi connectivity index (χ3n) is 4.42. The Balaban J connectivity index is 1.52. The molecule has 0 atom stereocenters. The van der Waals surface area contributed by atoms with E-state index in [0.717, 1.165) is 42.9 Å². The van der Waals surface area contributed by atoms with Gasteiger partial charge < -0.3 is 15.1 Å². The van der Waals surface area contributed by atoms with Crippen LogP contribution < -0.4 is 10.6 Å². The molecule has 8 heteroatoms. The molecule has 0 saturated carbocycles. The number of amides is 1. The van der Waals surface area contributed by atoms with Crippen LogP contribution in [0.5, 0.6) is 0 Å². The number of carbonyl (C=O) groups excluding carboxylic acids is 1. The van der Waals surface area contributed by atoms with Crippen molar-refractivity contribution in [3.8, 4) is 0 Å². The molecular weight excluding hydrogens is 342 g/mol. The van der Waals surface area contributed by atoms with Crippen LogP contribution in [0.3, 0.4) is 0 Å². The SMILES string of the molecule is NC(=O)c1nccnc1N1CCC(c2nc3cc(Cl)ccc3o2)CC1. The quantitative estimate of drug-likeness (QED) is 0.773. The van der Waals surface area contributed by atoms with Crippen LogP contribution in [0.2, 0.25) is 5.02 Å². The van der Waals surface area contributed by atoms with Gasteiger partial charge in [0.2, 0.25) is 0 Å². The highest BCUT2D eigenvalue weighted by Crippen LogP contribution is 2.32. The van der Waals surface area contributed by atoms with Gasteiger partial charge in [0.15, 0.2) is 23.0 Å². The van der Waals surface area contributed by atoms with E-state index < -0.39 is 5.91 Å². The number of oxazole rings is 1. The molecule has 7 nitrogen and oxygen atoms in total. The van der Waals surface area contributed by atoms with Gasteiger partial charge in [-0.05, 0) is 31.0 Å². The van der Waals surface area contributed by atoms with Crippen LogP contribution in [0.15, 0.2) is 35.0 Å². The van der Waals surface area contributed by atoms with E-state index in [4.69, 9.17) is 21.8 Å². The lowest BCUT2D eigenvalue weighted by atomic mass is 9.96. The average molecular weight is 358 g/mol. The number of carbonyl (C=O) groups is 1. The second-order valence-electron chi connectivity index (χ2n) is 6.02. The van der Waals surface area contributed by atoms with Gasteiger partial charge in [-0.25, -0.2) is 15.0 Å². The summed E-state index contributed by atoms with van der Waals surface area (Å²) in [4.78, 5) is 26.5. The van der Waals surface area contributed by atoms with Crippen molar-refractivity contribution in [1.29, 1.82) is 0 Å². The molecule has 1 aliphatic rings. The molecule has 1 amide bonds. The molecule has 4 rings (SSSR count). The average Bonchev–Trinajstić information content (AvgIpc) is 3.05. The van der Waals surface area contributed by atoms with E-state index >= 15 is 0 Å². The molecule has 1 aliphatic heterocycles. The van der Waals surface area contributed by atoms with Crippen molar-refractivity contribution in [1.82, 2.24) is 15.0 Å². The molecule has 2 N–H and O–H groups in total. The minimum Gasteiger partial charge on any atom is -0.440 e. The fraction of sp³-hybridized carbons (Fsp3) is 0.294. The number of hydrogen-bond acceptors (Lipinski definition) is 6. The molecular formula is C17H16ClN5O2. The van der Waals surface area contributed by atoms with Crippen LogP contribution in [0.4, 0.5) is 5.82 Å². The molecule has 1 aromatic carbocycles. The maximum Gasteiger partial charge on any atom is 0.271 e. The lowest BCUT2D eigenvalue weighted by Gasteiger charge is -2.31. The maximum atomic E-state index is 11.5. The van der Waals surface area contributed by atoms with Crippen LogP contribution in [0.25, 0.3) is 11.1 Å². The summed E-state index contributed by atoms with van der Waals surface area (Å²) in [5.74, 6) is 0.918. The minimum absolute atomic E-state index is 0.206. The first-order valence-electron chi connectivity index (χ1n) is 8.03. The number of piperidine rings is 1. The van der Waals surface area contributed by atoms with E-state index in [-0.39, 0.29) is 11.6 Å². The largest absolute Gasteiger partial charge is 0.440 e. The van der Waals surface area contributed by atoms with E-state index in [0.29, 0.717) is 10.8 Å². The molecule has 0 aliphatic carbocycles. The van der Waals surface area contributed by atoms with Gasteiger partial charge in [-0.1, -0.05) is 11.6 Å². The first-order valence-corrected chi connectivity index (χ1v) is 8.41. The topological polar surface area (TPSA) is 98.1 Å². The Hall–Kier alpha value is -2.67. The molecule has 128 valence electrons. The zero-order valence-corrected chi connectivity index (χ0v) is 14.1. The molecule has 25 heavy (non-hydrogen) atoms. The number of hydrogen-bond donors (Lipinski definition) is 1. The van der Waals surface area contributed by atoms with Gasteiger partial charge in [-0.2, -0.15) is 0 Å². The number of primary amides is 1.